The summed E-state index contributed by atoms with van der Waals surface area (Å²) in [6.07, 6.45) is 8.02. The van der Waals surface area contributed by atoms with Crippen LogP contribution in [0.5, 0.6) is 0 Å². The predicted octanol–water partition coefficient (Wildman–Crippen LogP) is 4.34. The largest absolute Gasteiger partial charge is 0.326 e. The first-order valence-corrected chi connectivity index (χ1v) is 9.26. The van der Waals surface area contributed by atoms with Gasteiger partial charge in [-0.15, -0.1) is 0 Å². The summed E-state index contributed by atoms with van der Waals surface area (Å²) in [6.45, 7) is 0.968. The standard InChI is InChI=1S/C19H18N4S/c1-24-19-20-10-9-18(22-19)23-11-5-8-15-13-21-16(12-17(15)23)14-6-3-2-4-7-14/h2-4,6-7,9-10,12-13H,5,8,11H2,1H3. The number of hydrogen-bond acceptors (Lipinski definition) is 5. The molecule has 0 N–H and O–H groups in total. The Bertz CT molecular complexity index is 851. The van der Waals surface area contributed by atoms with Crippen LogP contribution >= 0.6 is 11.8 Å². The van der Waals surface area contributed by atoms with Crippen LogP contribution in [0, 0.1) is 0 Å². The number of aryl methyl sites for hydroxylation is 1. The number of fused-ring (bicyclic) bond motifs is 1. The third kappa shape index (κ3) is 2.87. The quantitative estimate of drug-likeness (QED) is 0.526. The Morgan fingerprint density at radius 3 is 2.79 bits per heavy atom. The number of benzene rings is 1. The van der Waals surface area contributed by atoms with Crippen LogP contribution in [0.25, 0.3) is 11.3 Å². The first-order valence-electron chi connectivity index (χ1n) is 8.04. The molecule has 2 aromatic heterocycles. The zero-order valence-electron chi connectivity index (χ0n) is 13.5. The normalized spacial score (nSPS) is 13.6. The van der Waals surface area contributed by atoms with Crippen molar-refractivity contribution in [2.24, 2.45) is 0 Å². The van der Waals surface area contributed by atoms with Crippen molar-refractivity contribution in [3.8, 4) is 11.3 Å². The molecule has 0 saturated carbocycles. The van der Waals surface area contributed by atoms with E-state index in [4.69, 9.17) is 0 Å². The molecule has 0 spiro atoms. The monoisotopic (exact) mass is 334 g/mol. The lowest BCUT2D eigenvalue weighted by atomic mass is 10.0. The van der Waals surface area contributed by atoms with Crippen LogP contribution in [0.2, 0.25) is 0 Å². The van der Waals surface area contributed by atoms with Gasteiger partial charge in [-0.2, -0.15) is 0 Å². The van der Waals surface area contributed by atoms with Gasteiger partial charge < -0.3 is 4.90 Å². The minimum Gasteiger partial charge on any atom is -0.326 e. The van der Waals surface area contributed by atoms with Crippen molar-refractivity contribution in [1.82, 2.24) is 15.0 Å². The number of rotatable bonds is 3. The molecular weight excluding hydrogens is 316 g/mol. The zero-order chi connectivity index (χ0) is 16.4. The molecule has 0 aliphatic carbocycles. The van der Waals surface area contributed by atoms with Crippen molar-refractivity contribution in [3.05, 3.63) is 60.4 Å². The van der Waals surface area contributed by atoms with E-state index >= 15 is 0 Å². The van der Waals surface area contributed by atoms with Gasteiger partial charge in [0.15, 0.2) is 5.16 Å². The maximum atomic E-state index is 4.67. The Hall–Kier alpha value is -2.40. The van der Waals surface area contributed by atoms with Gasteiger partial charge in [0, 0.05) is 30.2 Å². The molecule has 1 aliphatic heterocycles. The molecule has 0 atom stereocenters. The van der Waals surface area contributed by atoms with Crippen LogP contribution in [0.1, 0.15) is 12.0 Å². The molecule has 1 aromatic carbocycles. The molecule has 24 heavy (non-hydrogen) atoms. The van der Waals surface area contributed by atoms with E-state index in [1.165, 1.54) is 11.3 Å². The Morgan fingerprint density at radius 1 is 1.08 bits per heavy atom. The number of aromatic nitrogens is 3. The van der Waals surface area contributed by atoms with Gasteiger partial charge in [-0.1, -0.05) is 42.1 Å². The molecule has 4 nitrogen and oxygen atoms in total. The summed E-state index contributed by atoms with van der Waals surface area (Å²) < 4.78 is 0. The maximum Gasteiger partial charge on any atom is 0.189 e. The van der Waals surface area contributed by atoms with Crippen molar-refractivity contribution < 1.29 is 0 Å². The molecule has 1 aliphatic rings. The van der Waals surface area contributed by atoms with Crippen molar-refractivity contribution in [2.45, 2.75) is 18.0 Å². The summed E-state index contributed by atoms with van der Waals surface area (Å²) in [4.78, 5) is 15.9. The van der Waals surface area contributed by atoms with E-state index in [1.54, 1.807) is 11.8 Å². The summed E-state index contributed by atoms with van der Waals surface area (Å²) in [5, 5.41) is 0.803. The zero-order valence-corrected chi connectivity index (χ0v) is 14.3. The molecule has 0 fully saturated rings. The van der Waals surface area contributed by atoms with Crippen LogP contribution in [0.3, 0.4) is 0 Å². The first kappa shape index (κ1) is 15.1. The van der Waals surface area contributed by atoms with Gasteiger partial charge in [0.25, 0.3) is 0 Å². The van der Waals surface area contributed by atoms with E-state index in [0.29, 0.717) is 0 Å². The molecule has 3 heterocycles. The first-order chi connectivity index (χ1) is 11.8. The van der Waals surface area contributed by atoms with Crippen LogP contribution in [-0.2, 0) is 6.42 Å². The van der Waals surface area contributed by atoms with Crippen molar-refractivity contribution in [1.29, 1.82) is 0 Å². The Kier molecular flexibility index (Phi) is 4.17. The van der Waals surface area contributed by atoms with Crippen LogP contribution in [-0.4, -0.2) is 27.8 Å². The van der Waals surface area contributed by atoms with E-state index in [1.807, 2.05) is 42.9 Å². The molecule has 0 saturated heterocycles. The molecule has 120 valence electrons. The fourth-order valence-electron chi connectivity index (χ4n) is 3.05. The highest BCUT2D eigenvalue weighted by Gasteiger charge is 2.21. The summed E-state index contributed by atoms with van der Waals surface area (Å²) >= 11 is 1.57. The molecule has 4 rings (SSSR count). The second kappa shape index (κ2) is 6.61. The summed E-state index contributed by atoms with van der Waals surface area (Å²) in [7, 11) is 0. The third-order valence-corrected chi connectivity index (χ3v) is 4.79. The number of nitrogens with zero attached hydrogens (tertiary/aromatic N) is 4. The van der Waals surface area contributed by atoms with Gasteiger partial charge in [0.2, 0.25) is 0 Å². The van der Waals surface area contributed by atoms with Gasteiger partial charge in [-0.25, -0.2) is 9.97 Å². The maximum absolute atomic E-state index is 4.67. The van der Waals surface area contributed by atoms with E-state index in [9.17, 15) is 0 Å². The highest BCUT2D eigenvalue weighted by molar-refractivity contribution is 7.98. The second-order valence-corrected chi connectivity index (χ2v) is 6.49. The highest BCUT2D eigenvalue weighted by Crippen LogP contribution is 2.34. The molecule has 0 bridgehead atoms. The lowest BCUT2D eigenvalue weighted by Gasteiger charge is -2.30. The number of pyridine rings is 1. The lowest BCUT2D eigenvalue weighted by molar-refractivity contribution is 0.749. The average Bonchev–Trinajstić information content (AvgIpc) is 2.68. The van der Waals surface area contributed by atoms with Gasteiger partial charge in [-0.3, -0.25) is 4.98 Å². The smallest absolute Gasteiger partial charge is 0.189 e. The lowest BCUT2D eigenvalue weighted by Crippen LogP contribution is -2.25. The minimum absolute atomic E-state index is 0.803. The van der Waals surface area contributed by atoms with Crippen molar-refractivity contribution in [2.75, 3.05) is 17.7 Å². The molecule has 0 radical (unpaired) electrons. The summed E-state index contributed by atoms with van der Waals surface area (Å²) in [5.41, 5.74) is 4.63. The molecule has 0 amide bonds. The van der Waals surface area contributed by atoms with E-state index in [2.05, 4.69) is 38.1 Å². The molecular formula is C19H18N4S. The third-order valence-electron chi connectivity index (χ3n) is 4.23. The predicted molar refractivity (Wildman–Crippen MR) is 98.8 cm³/mol. The highest BCUT2D eigenvalue weighted by atomic mass is 32.2. The van der Waals surface area contributed by atoms with E-state index in [0.717, 1.165) is 41.6 Å². The Labute approximate surface area is 146 Å². The molecule has 5 heteroatoms. The topological polar surface area (TPSA) is 41.9 Å². The van der Waals surface area contributed by atoms with Gasteiger partial charge in [0.1, 0.15) is 5.82 Å². The Balaban J connectivity index is 1.78. The van der Waals surface area contributed by atoms with E-state index in [-0.39, 0.29) is 0 Å². The number of hydrogen-bond donors (Lipinski definition) is 0. The SMILES string of the molecule is CSc1nccc(N2CCCc3cnc(-c4ccccc4)cc32)n1. The molecule has 0 unspecified atom stereocenters. The minimum atomic E-state index is 0.803. The van der Waals surface area contributed by atoms with Gasteiger partial charge in [-0.05, 0) is 36.8 Å². The summed E-state index contributed by atoms with van der Waals surface area (Å²) in [6, 6.07) is 14.5. The number of anilines is 2. The van der Waals surface area contributed by atoms with E-state index < -0.39 is 0 Å². The van der Waals surface area contributed by atoms with Crippen LogP contribution in [0.4, 0.5) is 11.5 Å². The van der Waals surface area contributed by atoms with Gasteiger partial charge >= 0.3 is 0 Å². The molecule has 3 aromatic rings. The van der Waals surface area contributed by atoms with Crippen LogP contribution in [0.15, 0.2) is 60.0 Å². The number of thioether (sulfide) groups is 1. The summed E-state index contributed by atoms with van der Waals surface area (Å²) in [5.74, 6) is 0.959. The Morgan fingerprint density at radius 2 is 1.96 bits per heavy atom. The van der Waals surface area contributed by atoms with Crippen LogP contribution < -0.4 is 4.90 Å². The average molecular weight is 334 g/mol. The second-order valence-electron chi connectivity index (χ2n) is 5.72. The fraction of sp³-hybridized carbons (Fsp3) is 0.211. The fourth-order valence-corrected chi connectivity index (χ4v) is 3.40. The van der Waals surface area contributed by atoms with Gasteiger partial charge in [0.05, 0.1) is 5.69 Å². The van der Waals surface area contributed by atoms with Crippen molar-refractivity contribution in [3.63, 3.8) is 0 Å². The van der Waals surface area contributed by atoms with Crippen molar-refractivity contribution >= 4 is 23.3 Å².